The van der Waals surface area contributed by atoms with Crippen LogP contribution in [0.2, 0.25) is 0 Å². The van der Waals surface area contributed by atoms with Gasteiger partial charge in [0.1, 0.15) is 17.0 Å². The third kappa shape index (κ3) is 1.66. The van der Waals surface area contributed by atoms with Gasteiger partial charge in [0.15, 0.2) is 0 Å². The van der Waals surface area contributed by atoms with Gasteiger partial charge in [-0.1, -0.05) is 0 Å². The van der Waals surface area contributed by atoms with Gasteiger partial charge < -0.3 is 9.80 Å². The first kappa shape index (κ1) is 9.99. The minimum atomic E-state index is 1.05. The van der Waals surface area contributed by atoms with Crippen molar-refractivity contribution in [3.05, 3.63) is 17.8 Å². The van der Waals surface area contributed by atoms with Crippen molar-refractivity contribution in [1.29, 1.82) is 0 Å². The van der Waals surface area contributed by atoms with Crippen LogP contribution in [-0.2, 0) is 0 Å². The Labute approximate surface area is 98.5 Å². The lowest BCUT2D eigenvalue weighted by atomic mass is 10.3. The van der Waals surface area contributed by atoms with Crippen molar-refractivity contribution < 1.29 is 0 Å². The Hall–Kier alpha value is -1.20. The van der Waals surface area contributed by atoms with Crippen LogP contribution in [0.15, 0.2) is 17.8 Å². The molecule has 0 atom stereocenters. The number of thiophene rings is 1. The van der Waals surface area contributed by atoms with Gasteiger partial charge >= 0.3 is 0 Å². The Bertz CT molecular complexity index is 487. The lowest BCUT2D eigenvalue weighted by Crippen LogP contribution is -2.44. The highest BCUT2D eigenvalue weighted by atomic mass is 32.1. The quantitative estimate of drug-likeness (QED) is 0.747. The van der Waals surface area contributed by atoms with Gasteiger partial charge in [0, 0.05) is 26.2 Å². The van der Waals surface area contributed by atoms with Crippen LogP contribution >= 0.6 is 11.3 Å². The van der Waals surface area contributed by atoms with E-state index in [1.54, 1.807) is 17.7 Å². The molecule has 0 aliphatic carbocycles. The third-order valence-corrected chi connectivity index (χ3v) is 3.86. The average molecular weight is 234 g/mol. The van der Waals surface area contributed by atoms with E-state index in [0.717, 1.165) is 36.8 Å². The van der Waals surface area contributed by atoms with Crippen molar-refractivity contribution in [1.82, 2.24) is 14.9 Å². The predicted octanol–water partition coefficient (Wildman–Crippen LogP) is 1.44. The summed E-state index contributed by atoms with van der Waals surface area (Å²) in [5.41, 5.74) is 0. The van der Waals surface area contributed by atoms with Crippen molar-refractivity contribution in [2.75, 3.05) is 38.1 Å². The number of aromatic nitrogens is 2. The van der Waals surface area contributed by atoms with Crippen molar-refractivity contribution in [3.8, 4) is 0 Å². The fourth-order valence-electron chi connectivity index (χ4n) is 2.05. The number of nitrogens with zero attached hydrogens (tertiary/aromatic N) is 4. The fourth-order valence-corrected chi connectivity index (χ4v) is 2.77. The molecule has 0 N–H and O–H groups in total. The highest BCUT2D eigenvalue weighted by molar-refractivity contribution is 7.16. The molecule has 2 aromatic rings. The molecule has 3 heterocycles. The molecule has 4 nitrogen and oxygen atoms in total. The minimum absolute atomic E-state index is 1.05. The Morgan fingerprint density at radius 2 is 2.00 bits per heavy atom. The molecule has 84 valence electrons. The summed E-state index contributed by atoms with van der Waals surface area (Å²) in [4.78, 5) is 14.5. The molecule has 1 saturated heterocycles. The second kappa shape index (κ2) is 3.99. The van der Waals surface area contributed by atoms with Crippen LogP contribution in [0.1, 0.15) is 0 Å². The molecule has 3 rings (SSSR count). The average Bonchev–Trinajstić information content (AvgIpc) is 2.78. The standard InChI is InChI=1S/C11H14N4S/c1-14-3-5-15(6-4-14)10-9-2-7-16-11(9)13-8-12-10/h2,7-8H,3-6H2,1H3. The lowest BCUT2D eigenvalue weighted by molar-refractivity contribution is 0.312. The SMILES string of the molecule is CN1CCN(c2ncnc3sccc23)CC1. The molecule has 0 amide bonds. The lowest BCUT2D eigenvalue weighted by Gasteiger charge is -2.33. The van der Waals surface area contributed by atoms with E-state index in [1.165, 1.54) is 5.39 Å². The normalized spacial score (nSPS) is 18.2. The van der Waals surface area contributed by atoms with E-state index in [-0.39, 0.29) is 0 Å². The first-order valence-corrected chi connectivity index (χ1v) is 6.34. The zero-order valence-electron chi connectivity index (χ0n) is 9.26. The number of hydrogen-bond donors (Lipinski definition) is 0. The van der Waals surface area contributed by atoms with Crippen LogP contribution < -0.4 is 4.90 Å². The van der Waals surface area contributed by atoms with Crippen molar-refractivity contribution >= 4 is 27.4 Å². The van der Waals surface area contributed by atoms with Gasteiger partial charge in [0.05, 0.1) is 5.39 Å². The van der Waals surface area contributed by atoms with E-state index < -0.39 is 0 Å². The smallest absolute Gasteiger partial charge is 0.140 e. The summed E-state index contributed by atoms with van der Waals surface area (Å²) in [7, 11) is 2.16. The first-order valence-electron chi connectivity index (χ1n) is 5.46. The molecular weight excluding hydrogens is 220 g/mol. The van der Waals surface area contributed by atoms with Crippen LogP contribution in [0.3, 0.4) is 0 Å². The third-order valence-electron chi connectivity index (χ3n) is 3.04. The van der Waals surface area contributed by atoms with Crippen molar-refractivity contribution in [2.45, 2.75) is 0 Å². The topological polar surface area (TPSA) is 32.3 Å². The predicted molar refractivity (Wildman–Crippen MR) is 67.1 cm³/mol. The Kier molecular flexibility index (Phi) is 2.49. The molecule has 0 saturated carbocycles. The molecule has 0 unspecified atom stereocenters. The van der Waals surface area contributed by atoms with Crippen LogP contribution in [0.5, 0.6) is 0 Å². The number of piperazine rings is 1. The Balaban J connectivity index is 1.96. The molecular formula is C11H14N4S. The summed E-state index contributed by atoms with van der Waals surface area (Å²) in [5.74, 6) is 1.10. The van der Waals surface area contributed by atoms with E-state index >= 15 is 0 Å². The number of anilines is 1. The molecule has 5 heteroatoms. The Morgan fingerprint density at radius 3 is 2.81 bits per heavy atom. The molecule has 1 aliphatic heterocycles. The molecule has 2 aromatic heterocycles. The second-order valence-corrected chi connectivity index (χ2v) is 5.02. The fraction of sp³-hybridized carbons (Fsp3) is 0.455. The summed E-state index contributed by atoms with van der Waals surface area (Å²) in [6.07, 6.45) is 1.67. The van der Waals surface area contributed by atoms with Gasteiger partial charge in [-0.2, -0.15) is 0 Å². The van der Waals surface area contributed by atoms with Crippen molar-refractivity contribution in [3.63, 3.8) is 0 Å². The molecule has 0 radical (unpaired) electrons. The number of likely N-dealkylation sites (N-methyl/N-ethyl adjacent to an activating group) is 1. The van der Waals surface area contributed by atoms with Crippen molar-refractivity contribution in [2.24, 2.45) is 0 Å². The summed E-state index contributed by atoms with van der Waals surface area (Å²) in [6, 6.07) is 2.12. The summed E-state index contributed by atoms with van der Waals surface area (Å²) in [5, 5.41) is 3.27. The van der Waals surface area contributed by atoms with Gasteiger partial charge in [0.25, 0.3) is 0 Å². The maximum atomic E-state index is 4.43. The number of fused-ring (bicyclic) bond motifs is 1. The largest absolute Gasteiger partial charge is 0.353 e. The molecule has 0 aromatic carbocycles. The molecule has 0 bridgehead atoms. The Morgan fingerprint density at radius 1 is 1.19 bits per heavy atom. The van der Waals surface area contributed by atoms with E-state index in [1.807, 2.05) is 0 Å². The maximum absolute atomic E-state index is 4.43. The summed E-state index contributed by atoms with van der Waals surface area (Å²) in [6.45, 7) is 4.32. The second-order valence-electron chi connectivity index (χ2n) is 4.13. The van der Waals surface area contributed by atoms with E-state index in [4.69, 9.17) is 0 Å². The van der Waals surface area contributed by atoms with Gasteiger partial charge in [0.2, 0.25) is 0 Å². The van der Waals surface area contributed by atoms with Crippen LogP contribution in [0.25, 0.3) is 10.2 Å². The number of rotatable bonds is 1. The molecule has 16 heavy (non-hydrogen) atoms. The molecule has 0 spiro atoms. The summed E-state index contributed by atoms with van der Waals surface area (Å²) < 4.78 is 0. The number of hydrogen-bond acceptors (Lipinski definition) is 5. The van der Waals surface area contributed by atoms with Crippen LogP contribution in [0.4, 0.5) is 5.82 Å². The van der Waals surface area contributed by atoms with Gasteiger partial charge in [-0.15, -0.1) is 11.3 Å². The highest BCUT2D eigenvalue weighted by Gasteiger charge is 2.17. The molecule has 1 aliphatic rings. The van der Waals surface area contributed by atoms with Gasteiger partial charge in [-0.25, -0.2) is 9.97 Å². The van der Waals surface area contributed by atoms with Crippen LogP contribution in [0, 0.1) is 0 Å². The van der Waals surface area contributed by atoms with E-state index in [2.05, 4.69) is 38.3 Å². The maximum Gasteiger partial charge on any atom is 0.140 e. The monoisotopic (exact) mass is 234 g/mol. The van der Waals surface area contributed by atoms with Crippen LogP contribution in [-0.4, -0.2) is 48.1 Å². The zero-order chi connectivity index (χ0) is 11.0. The molecule has 1 fully saturated rings. The minimum Gasteiger partial charge on any atom is -0.353 e. The van der Waals surface area contributed by atoms with Gasteiger partial charge in [-0.05, 0) is 18.5 Å². The zero-order valence-corrected chi connectivity index (χ0v) is 10.1. The van der Waals surface area contributed by atoms with Gasteiger partial charge in [-0.3, -0.25) is 0 Å². The highest BCUT2D eigenvalue weighted by Crippen LogP contribution is 2.27. The summed E-state index contributed by atoms with van der Waals surface area (Å²) >= 11 is 1.68. The van der Waals surface area contributed by atoms with E-state index in [0.29, 0.717) is 0 Å². The first-order chi connectivity index (χ1) is 7.84. The van der Waals surface area contributed by atoms with E-state index in [9.17, 15) is 0 Å².